The molecule has 4 aromatic rings. The molecule has 4 nitrogen and oxygen atoms in total. The van der Waals surface area contributed by atoms with E-state index in [2.05, 4.69) is 47.1 Å². The van der Waals surface area contributed by atoms with Crippen LogP contribution in [0.1, 0.15) is 35.5 Å². The Balaban J connectivity index is 1.59. The summed E-state index contributed by atoms with van der Waals surface area (Å²) < 4.78 is 2.19. The summed E-state index contributed by atoms with van der Waals surface area (Å²) >= 11 is 5.93. The Hall–Kier alpha value is -3.11. The summed E-state index contributed by atoms with van der Waals surface area (Å²) in [6.07, 6.45) is 0.305. The zero-order valence-electron chi connectivity index (χ0n) is 17.1. The SMILES string of the molecule is Cc1cccc(Cn2c(C(C)NC(=O)Cc3ccc(Cl)cc3)nc3ccccc32)c1. The fourth-order valence-electron chi connectivity index (χ4n) is 3.73. The van der Waals surface area contributed by atoms with Gasteiger partial charge in [-0.15, -0.1) is 0 Å². The van der Waals surface area contributed by atoms with E-state index in [9.17, 15) is 4.79 Å². The van der Waals surface area contributed by atoms with Crippen molar-refractivity contribution in [3.63, 3.8) is 0 Å². The first-order valence-corrected chi connectivity index (χ1v) is 10.4. The maximum atomic E-state index is 12.6. The molecule has 30 heavy (non-hydrogen) atoms. The van der Waals surface area contributed by atoms with Crippen LogP contribution in [0.15, 0.2) is 72.8 Å². The van der Waals surface area contributed by atoms with Gasteiger partial charge in [0.25, 0.3) is 0 Å². The molecule has 0 aliphatic carbocycles. The first-order chi connectivity index (χ1) is 14.5. The number of aryl methyl sites for hydroxylation is 1. The molecule has 152 valence electrons. The van der Waals surface area contributed by atoms with Crippen LogP contribution < -0.4 is 5.32 Å². The van der Waals surface area contributed by atoms with Gasteiger partial charge in [0, 0.05) is 11.6 Å². The second-order valence-corrected chi connectivity index (χ2v) is 8.06. The number of halogens is 1. The number of hydrogen-bond donors (Lipinski definition) is 1. The minimum Gasteiger partial charge on any atom is -0.346 e. The number of carbonyl (C=O) groups excluding carboxylic acids is 1. The van der Waals surface area contributed by atoms with Crippen LogP contribution in [0.5, 0.6) is 0 Å². The van der Waals surface area contributed by atoms with Gasteiger partial charge < -0.3 is 9.88 Å². The summed E-state index contributed by atoms with van der Waals surface area (Å²) in [6, 6.07) is 23.7. The fourth-order valence-corrected chi connectivity index (χ4v) is 3.85. The molecule has 0 saturated carbocycles. The number of para-hydroxylation sites is 2. The summed E-state index contributed by atoms with van der Waals surface area (Å²) in [4.78, 5) is 17.5. The highest BCUT2D eigenvalue weighted by Gasteiger charge is 2.19. The van der Waals surface area contributed by atoms with Gasteiger partial charge in [0.1, 0.15) is 5.82 Å². The van der Waals surface area contributed by atoms with Crippen LogP contribution in [0.4, 0.5) is 0 Å². The molecule has 1 atom stereocenters. The summed E-state index contributed by atoms with van der Waals surface area (Å²) in [5.41, 5.74) is 5.35. The van der Waals surface area contributed by atoms with Crippen molar-refractivity contribution in [1.29, 1.82) is 0 Å². The monoisotopic (exact) mass is 417 g/mol. The van der Waals surface area contributed by atoms with E-state index in [1.54, 1.807) is 12.1 Å². The van der Waals surface area contributed by atoms with Gasteiger partial charge in [0.05, 0.1) is 23.5 Å². The average molecular weight is 418 g/mol. The van der Waals surface area contributed by atoms with E-state index >= 15 is 0 Å². The summed E-state index contributed by atoms with van der Waals surface area (Å²) in [5, 5.41) is 3.77. The van der Waals surface area contributed by atoms with E-state index in [4.69, 9.17) is 16.6 Å². The Bertz CT molecular complexity index is 1180. The van der Waals surface area contributed by atoms with Crippen LogP contribution >= 0.6 is 11.6 Å². The fraction of sp³-hybridized carbons (Fsp3) is 0.200. The summed E-state index contributed by atoms with van der Waals surface area (Å²) in [7, 11) is 0. The third-order valence-electron chi connectivity index (χ3n) is 5.15. The number of nitrogens with zero attached hydrogens (tertiary/aromatic N) is 2. The number of nitrogens with one attached hydrogen (secondary N) is 1. The minimum atomic E-state index is -0.220. The normalized spacial score (nSPS) is 12.1. The van der Waals surface area contributed by atoms with Crippen molar-refractivity contribution in [3.05, 3.63) is 100 Å². The van der Waals surface area contributed by atoms with E-state index < -0.39 is 0 Å². The van der Waals surface area contributed by atoms with Gasteiger partial charge in [-0.25, -0.2) is 4.98 Å². The van der Waals surface area contributed by atoms with Crippen molar-refractivity contribution in [2.45, 2.75) is 32.9 Å². The highest BCUT2D eigenvalue weighted by molar-refractivity contribution is 6.30. The van der Waals surface area contributed by atoms with Gasteiger partial charge >= 0.3 is 0 Å². The third kappa shape index (κ3) is 4.55. The smallest absolute Gasteiger partial charge is 0.224 e. The van der Waals surface area contributed by atoms with Gasteiger partial charge in [0.2, 0.25) is 5.91 Å². The zero-order chi connectivity index (χ0) is 21.1. The molecule has 0 aliphatic heterocycles. The van der Waals surface area contributed by atoms with E-state index in [1.165, 1.54) is 11.1 Å². The molecule has 0 radical (unpaired) electrons. The van der Waals surface area contributed by atoms with Crippen LogP contribution in [0.2, 0.25) is 5.02 Å². The Morgan fingerprint density at radius 3 is 2.57 bits per heavy atom. The number of carbonyl (C=O) groups is 1. The highest BCUT2D eigenvalue weighted by atomic mass is 35.5. The lowest BCUT2D eigenvalue weighted by Crippen LogP contribution is -2.30. The lowest BCUT2D eigenvalue weighted by Gasteiger charge is -2.17. The molecule has 1 unspecified atom stereocenters. The number of amides is 1. The Labute approximate surface area is 181 Å². The molecule has 0 saturated heterocycles. The molecule has 1 N–H and O–H groups in total. The molecule has 0 bridgehead atoms. The molecule has 3 aromatic carbocycles. The number of imidazole rings is 1. The molecule has 0 fully saturated rings. The number of aromatic nitrogens is 2. The molecule has 0 aliphatic rings. The molecule has 0 spiro atoms. The summed E-state index contributed by atoms with van der Waals surface area (Å²) in [6.45, 7) is 4.78. The molecule has 1 aromatic heterocycles. The predicted molar refractivity (Wildman–Crippen MR) is 122 cm³/mol. The van der Waals surface area contributed by atoms with Crippen LogP contribution in [0.25, 0.3) is 11.0 Å². The maximum Gasteiger partial charge on any atom is 0.224 e. The van der Waals surface area contributed by atoms with Crippen molar-refractivity contribution in [2.75, 3.05) is 0 Å². The van der Waals surface area contributed by atoms with Gasteiger partial charge in [-0.3, -0.25) is 4.79 Å². The Kier molecular flexibility index (Phi) is 5.86. The molecule has 5 heteroatoms. The Morgan fingerprint density at radius 2 is 1.80 bits per heavy atom. The average Bonchev–Trinajstić information content (AvgIpc) is 3.08. The Morgan fingerprint density at radius 1 is 1.03 bits per heavy atom. The summed E-state index contributed by atoms with van der Waals surface area (Å²) in [5.74, 6) is 0.807. The van der Waals surface area contributed by atoms with E-state index in [0.29, 0.717) is 18.0 Å². The molecular weight excluding hydrogens is 394 g/mol. The first-order valence-electron chi connectivity index (χ1n) is 10.0. The topological polar surface area (TPSA) is 46.9 Å². The molecular formula is C25H24ClN3O. The third-order valence-corrected chi connectivity index (χ3v) is 5.40. The number of rotatable bonds is 6. The number of fused-ring (bicyclic) bond motifs is 1. The predicted octanol–water partition coefficient (Wildman–Crippen LogP) is 5.47. The highest BCUT2D eigenvalue weighted by Crippen LogP contribution is 2.23. The van der Waals surface area contributed by atoms with E-state index in [1.807, 2.05) is 37.3 Å². The molecule has 4 rings (SSSR count). The van der Waals surface area contributed by atoms with Gasteiger partial charge in [0.15, 0.2) is 0 Å². The van der Waals surface area contributed by atoms with Gasteiger partial charge in [-0.05, 0) is 49.2 Å². The van der Waals surface area contributed by atoms with Crippen LogP contribution in [-0.2, 0) is 17.8 Å². The van der Waals surface area contributed by atoms with E-state index in [0.717, 1.165) is 22.4 Å². The molecule has 1 heterocycles. The van der Waals surface area contributed by atoms with Crippen molar-refractivity contribution < 1.29 is 4.79 Å². The van der Waals surface area contributed by atoms with Crippen LogP contribution in [0, 0.1) is 6.92 Å². The van der Waals surface area contributed by atoms with Crippen LogP contribution in [-0.4, -0.2) is 15.5 Å². The van der Waals surface area contributed by atoms with Crippen LogP contribution in [0.3, 0.4) is 0 Å². The lowest BCUT2D eigenvalue weighted by molar-refractivity contribution is -0.121. The molecule has 1 amide bonds. The number of benzene rings is 3. The van der Waals surface area contributed by atoms with Crippen molar-refractivity contribution in [1.82, 2.24) is 14.9 Å². The maximum absolute atomic E-state index is 12.6. The zero-order valence-corrected chi connectivity index (χ0v) is 17.9. The van der Waals surface area contributed by atoms with Crippen molar-refractivity contribution in [3.8, 4) is 0 Å². The quantitative estimate of drug-likeness (QED) is 0.452. The van der Waals surface area contributed by atoms with Gasteiger partial charge in [-0.2, -0.15) is 0 Å². The second kappa shape index (κ2) is 8.72. The minimum absolute atomic E-state index is 0.0426. The number of hydrogen-bond acceptors (Lipinski definition) is 2. The second-order valence-electron chi connectivity index (χ2n) is 7.63. The van der Waals surface area contributed by atoms with Gasteiger partial charge in [-0.1, -0.05) is 65.7 Å². The van der Waals surface area contributed by atoms with E-state index in [-0.39, 0.29) is 11.9 Å². The van der Waals surface area contributed by atoms with Crippen molar-refractivity contribution >= 4 is 28.5 Å². The standard InChI is InChI=1S/C25H24ClN3O/c1-17-6-5-7-20(14-17)16-29-23-9-4-3-8-22(23)28-25(29)18(2)27-24(30)15-19-10-12-21(26)13-11-19/h3-14,18H,15-16H2,1-2H3,(H,27,30). The largest absolute Gasteiger partial charge is 0.346 e. The first kappa shape index (κ1) is 20.2. The van der Waals surface area contributed by atoms with Crippen molar-refractivity contribution in [2.24, 2.45) is 0 Å². The lowest BCUT2D eigenvalue weighted by atomic mass is 10.1.